The summed E-state index contributed by atoms with van der Waals surface area (Å²) in [6.07, 6.45) is 1.82. The lowest BCUT2D eigenvalue weighted by atomic mass is 9.91. The molecular weight excluding hydrogens is 283 g/mol. The van der Waals surface area contributed by atoms with Crippen LogP contribution in [-0.2, 0) is 10.0 Å². The molecule has 0 atom stereocenters. The predicted molar refractivity (Wildman–Crippen MR) is 67.5 cm³/mol. The zero-order valence-corrected chi connectivity index (χ0v) is 11.4. The molecule has 2 aliphatic rings. The van der Waals surface area contributed by atoms with Gasteiger partial charge in [-0.3, -0.25) is 0 Å². The first-order valence-electron chi connectivity index (χ1n) is 6.29. The number of nitriles is 1. The van der Waals surface area contributed by atoms with Gasteiger partial charge in [0.25, 0.3) is 0 Å². The second-order valence-corrected chi connectivity index (χ2v) is 7.28. The molecule has 0 unspecified atom stereocenters. The molecule has 0 bridgehead atoms. The Morgan fingerprint density at radius 2 is 2.05 bits per heavy atom. The zero-order chi connectivity index (χ0) is 14.5. The van der Waals surface area contributed by atoms with E-state index >= 15 is 0 Å². The van der Waals surface area contributed by atoms with E-state index in [0.29, 0.717) is 0 Å². The largest absolute Gasteiger partial charge is 0.387 e. The van der Waals surface area contributed by atoms with E-state index in [1.165, 1.54) is 12.1 Å². The fourth-order valence-corrected chi connectivity index (χ4v) is 4.30. The molecule has 1 aliphatic carbocycles. The molecule has 1 saturated carbocycles. The molecule has 1 aliphatic heterocycles. The van der Waals surface area contributed by atoms with E-state index in [0.717, 1.165) is 23.2 Å². The summed E-state index contributed by atoms with van der Waals surface area (Å²) in [6, 6.07) is 5.11. The van der Waals surface area contributed by atoms with E-state index < -0.39 is 27.0 Å². The summed E-state index contributed by atoms with van der Waals surface area (Å²) >= 11 is 0. The summed E-state index contributed by atoms with van der Waals surface area (Å²) < 4.78 is 39.3. The van der Waals surface area contributed by atoms with Crippen LogP contribution in [0.4, 0.5) is 4.39 Å². The molecule has 1 aromatic carbocycles. The van der Waals surface area contributed by atoms with Crippen LogP contribution in [0.1, 0.15) is 18.4 Å². The number of hydrogen-bond donors (Lipinski definition) is 1. The molecule has 1 aromatic rings. The van der Waals surface area contributed by atoms with Gasteiger partial charge in [-0.25, -0.2) is 12.8 Å². The average molecular weight is 296 g/mol. The fourth-order valence-electron chi connectivity index (χ4n) is 2.58. The van der Waals surface area contributed by atoms with Gasteiger partial charge in [0.05, 0.1) is 5.60 Å². The first-order valence-corrected chi connectivity index (χ1v) is 7.74. The number of benzene rings is 1. The molecule has 20 heavy (non-hydrogen) atoms. The van der Waals surface area contributed by atoms with Gasteiger partial charge in [-0.1, -0.05) is 6.07 Å². The van der Waals surface area contributed by atoms with Gasteiger partial charge in [-0.05, 0) is 30.9 Å². The van der Waals surface area contributed by atoms with Crippen LogP contribution in [0.2, 0.25) is 0 Å². The van der Waals surface area contributed by atoms with E-state index in [1.54, 1.807) is 6.07 Å². The smallest absolute Gasteiger partial charge is 0.244 e. The normalized spacial score (nSPS) is 22.1. The van der Waals surface area contributed by atoms with E-state index in [1.807, 2.05) is 0 Å². The van der Waals surface area contributed by atoms with E-state index in [-0.39, 0.29) is 23.9 Å². The molecule has 0 spiro atoms. The molecular formula is C13H13FN2O3S. The summed E-state index contributed by atoms with van der Waals surface area (Å²) in [6.45, 7) is 0.0305. The van der Waals surface area contributed by atoms with Crippen LogP contribution in [-0.4, -0.2) is 36.5 Å². The Bertz CT molecular complexity index is 701. The van der Waals surface area contributed by atoms with Gasteiger partial charge in [0.2, 0.25) is 10.0 Å². The maximum Gasteiger partial charge on any atom is 0.244 e. The second kappa shape index (κ2) is 4.25. The Kier molecular flexibility index (Phi) is 2.87. The minimum Gasteiger partial charge on any atom is -0.387 e. The van der Waals surface area contributed by atoms with E-state index in [2.05, 4.69) is 0 Å². The van der Waals surface area contributed by atoms with Crippen molar-refractivity contribution in [3.05, 3.63) is 29.6 Å². The lowest BCUT2D eigenvalue weighted by Crippen LogP contribution is -2.64. The van der Waals surface area contributed by atoms with Crippen LogP contribution < -0.4 is 0 Å². The lowest BCUT2D eigenvalue weighted by molar-refractivity contribution is -0.0764. The van der Waals surface area contributed by atoms with E-state index in [4.69, 9.17) is 5.26 Å². The molecule has 1 saturated heterocycles. The van der Waals surface area contributed by atoms with Crippen LogP contribution >= 0.6 is 0 Å². The number of sulfonamides is 1. The highest BCUT2D eigenvalue weighted by atomic mass is 32.2. The van der Waals surface area contributed by atoms with Crippen LogP contribution in [0.3, 0.4) is 0 Å². The van der Waals surface area contributed by atoms with E-state index in [9.17, 15) is 17.9 Å². The Balaban J connectivity index is 1.91. The molecule has 106 valence electrons. The van der Waals surface area contributed by atoms with Gasteiger partial charge in [-0.15, -0.1) is 0 Å². The third-order valence-electron chi connectivity index (χ3n) is 3.94. The topological polar surface area (TPSA) is 81.4 Å². The maximum atomic E-state index is 13.5. The van der Waals surface area contributed by atoms with Crippen LogP contribution in [0.15, 0.2) is 23.1 Å². The standard InChI is InChI=1S/C13H13FN2O3S/c14-11-2-1-3-12(10(11)6-15)20(18,19)16-7-13(17,8-16)9-4-5-9/h1-3,9,17H,4-5,7-8H2. The minimum atomic E-state index is -3.93. The van der Waals surface area contributed by atoms with Crippen molar-refractivity contribution in [1.82, 2.24) is 4.31 Å². The number of hydrogen-bond acceptors (Lipinski definition) is 4. The molecule has 2 fully saturated rings. The Hall–Kier alpha value is -1.49. The molecule has 5 nitrogen and oxygen atoms in total. The monoisotopic (exact) mass is 296 g/mol. The number of aliphatic hydroxyl groups is 1. The average Bonchev–Trinajstić information content (AvgIpc) is 3.19. The summed E-state index contributed by atoms with van der Waals surface area (Å²) in [5, 5.41) is 19.1. The van der Waals surface area contributed by atoms with Crippen molar-refractivity contribution >= 4 is 10.0 Å². The molecule has 0 radical (unpaired) electrons. The molecule has 1 N–H and O–H groups in total. The highest BCUT2D eigenvalue weighted by molar-refractivity contribution is 7.89. The van der Waals surface area contributed by atoms with Gasteiger partial charge >= 0.3 is 0 Å². The van der Waals surface area contributed by atoms with Crippen molar-refractivity contribution in [2.45, 2.75) is 23.3 Å². The number of β-amino-alcohol motifs (C(OH)–C–C–N with tert-alkyl or cyclic N) is 1. The Morgan fingerprint density at radius 1 is 1.40 bits per heavy atom. The zero-order valence-electron chi connectivity index (χ0n) is 10.6. The SMILES string of the molecule is N#Cc1c(F)cccc1S(=O)(=O)N1CC(O)(C2CC2)C1. The second-order valence-electron chi connectivity index (χ2n) is 5.38. The maximum absolute atomic E-state index is 13.5. The first-order chi connectivity index (χ1) is 9.38. The third-order valence-corrected chi connectivity index (χ3v) is 5.78. The third kappa shape index (κ3) is 1.92. The molecule has 3 rings (SSSR count). The highest BCUT2D eigenvalue weighted by Gasteiger charge is 2.55. The van der Waals surface area contributed by atoms with Crippen LogP contribution in [0.5, 0.6) is 0 Å². The fraction of sp³-hybridized carbons (Fsp3) is 0.462. The Morgan fingerprint density at radius 3 is 2.60 bits per heavy atom. The quantitative estimate of drug-likeness (QED) is 0.896. The minimum absolute atomic E-state index is 0.0153. The van der Waals surface area contributed by atoms with Crippen molar-refractivity contribution in [3.63, 3.8) is 0 Å². The molecule has 0 amide bonds. The van der Waals surface area contributed by atoms with Gasteiger partial charge in [0.1, 0.15) is 22.3 Å². The highest BCUT2D eigenvalue weighted by Crippen LogP contribution is 2.46. The Labute approximate surface area is 116 Å². The predicted octanol–water partition coefficient (Wildman–Crippen LogP) is 0.843. The van der Waals surface area contributed by atoms with Crippen LogP contribution in [0.25, 0.3) is 0 Å². The lowest BCUT2D eigenvalue weighted by Gasteiger charge is -2.45. The van der Waals surface area contributed by atoms with Crippen LogP contribution in [0, 0.1) is 23.1 Å². The molecule has 1 heterocycles. The van der Waals surface area contributed by atoms with Gasteiger partial charge < -0.3 is 5.11 Å². The number of nitrogens with zero attached hydrogens (tertiary/aromatic N) is 2. The number of halogens is 1. The van der Waals surface area contributed by atoms with Gasteiger partial charge in [0.15, 0.2) is 0 Å². The van der Waals surface area contributed by atoms with Gasteiger partial charge in [0, 0.05) is 13.1 Å². The van der Waals surface area contributed by atoms with Crippen molar-refractivity contribution < 1.29 is 17.9 Å². The van der Waals surface area contributed by atoms with Gasteiger partial charge in [-0.2, -0.15) is 9.57 Å². The molecule has 0 aromatic heterocycles. The van der Waals surface area contributed by atoms with Crippen molar-refractivity contribution in [3.8, 4) is 6.07 Å². The summed E-state index contributed by atoms with van der Waals surface area (Å²) in [5.74, 6) is -0.691. The van der Waals surface area contributed by atoms with Crippen molar-refractivity contribution in [1.29, 1.82) is 5.26 Å². The van der Waals surface area contributed by atoms with Crippen molar-refractivity contribution in [2.75, 3.05) is 13.1 Å². The summed E-state index contributed by atoms with van der Waals surface area (Å²) in [4.78, 5) is -0.335. The first kappa shape index (κ1) is 13.5. The number of rotatable bonds is 3. The molecule has 7 heteroatoms. The summed E-state index contributed by atoms with van der Waals surface area (Å²) in [7, 11) is -3.93. The summed E-state index contributed by atoms with van der Waals surface area (Å²) in [5.41, 5.74) is -1.43. The van der Waals surface area contributed by atoms with Crippen molar-refractivity contribution in [2.24, 2.45) is 5.92 Å².